The molecule has 2 aromatic carbocycles. The number of benzene rings is 2. The van der Waals surface area contributed by atoms with Crippen molar-refractivity contribution in [1.29, 1.82) is 0 Å². The van der Waals surface area contributed by atoms with Crippen LogP contribution in [-0.4, -0.2) is 5.91 Å². The highest BCUT2D eigenvalue weighted by Gasteiger charge is 2.13. The Bertz CT molecular complexity index is 562. The zero-order valence-electron chi connectivity index (χ0n) is 9.60. The Balaban J connectivity index is 2.66. The molecule has 0 heterocycles. The number of rotatable bonds is 2. The minimum atomic E-state index is -0.488. The molecule has 0 spiro atoms. The number of carbonyl (C=O) groups is 1. The molecule has 0 radical (unpaired) electrons. The number of primary amides is 1. The number of amides is 1. The molecule has 0 bridgehead atoms. The van der Waals surface area contributed by atoms with E-state index in [0.717, 1.165) is 16.7 Å². The molecule has 0 aliphatic carbocycles. The number of hydrogen-bond acceptors (Lipinski definition) is 2. The van der Waals surface area contributed by atoms with E-state index in [-0.39, 0.29) is 0 Å². The zero-order valence-corrected chi connectivity index (χ0v) is 9.60. The van der Waals surface area contributed by atoms with Gasteiger partial charge in [0.05, 0.1) is 5.56 Å². The van der Waals surface area contributed by atoms with Crippen LogP contribution in [0.1, 0.15) is 15.9 Å². The van der Waals surface area contributed by atoms with E-state index in [0.29, 0.717) is 11.3 Å². The molecule has 0 saturated carbocycles. The van der Waals surface area contributed by atoms with Crippen molar-refractivity contribution in [2.24, 2.45) is 5.73 Å². The van der Waals surface area contributed by atoms with Crippen molar-refractivity contribution >= 4 is 11.6 Å². The predicted molar refractivity (Wildman–Crippen MR) is 69.5 cm³/mol. The smallest absolute Gasteiger partial charge is 0.251 e. The van der Waals surface area contributed by atoms with Gasteiger partial charge in [-0.1, -0.05) is 36.4 Å². The highest BCUT2D eigenvalue weighted by atomic mass is 16.1. The van der Waals surface area contributed by atoms with Crippen LogP contribution in [0.4, 0.5) is 5.69 Å². The molecule has 86 valence electrons. The third-order valence-corrected chi connectivity index (χ3v) is 2.83. The topological polar surface area (TPSA) is 69.1 Å². The van der Waals surface area contributed by atoms with Gasteiger partial charge >= 0.3 is 0 Å². The molecular weight excluding hydrogens is 212 g/mol. The summed E-state index contributed by atoms with van der Waals surface area (Å²) in [4.78, 5) is 11.4. The van der Waals surface area contributed by atoms with Crippen molar-refractivity contribution in [2.45, 2.75) is 6.92 Å². The molecule has 1 amide bonds. The van der Waals surface area contributed by atoms with Crippen LogP contribution in [0.15, 0.2) is 42.5 Å². The molecule has 0 aliphatic rings. The van der Waals surface area contributed by atoms with E-state index in [4.69, 9.17) is 11.5 Å². The summed E-state index contributed by atoms with van der Waals surface area (Å²) in [5.74, 6) is -0.488. The molecule has 4 N–H and O–H groups in total. The van der Waals surface area contributed by atoms with Gasteiger partial charge in [0.1, 0.15) is 0 Å². The van der Waals surface area contributed by atoms with Crippen molar-refractivity contribution in [3.05, 3.63) is 53.6 Å². The Hall–Kier alpha value is -2.29. The summed E-state index contributed by atoms with van der Waals surface area (Å²) < 4.78 is 0. The monoisotopic (exact) mass is 226 g/mol. The molecule has 0 saturated heterocycles. The third-order valence-electron chi connectivity index (χ3n) is 2.83. The van der Waals surface area contributed by atoms with Gasteiger partial charge in [-0.2, -0.15) is 0 Å². The summed E-state index contributed by atoms with van der Waals surface area (Å²) in [6, 6.07) is 13.5. The Labute approximate surface area is 100 Å². The van der Waals surface area contributed by atoms with Crippen LogP contribution in [-0.2, 0) is 0 Å². The van der Waals surface area contributed by atoms with Crippen molar-refractivity contribution in [2.75, 3.05) is 5.73 Å². The van der Waals surface area contributed by atoms with Crippen LogP contribution in [0.2, 0.25) is 0 Å². The van der Waals surface area contributed by atoms with Crippen LogP contribution >= 0.6 is 0 Å². The minimum absolute atomic E-state index is 0.409. The van der Waals surface area contributed by atoms with E-state index >= 15 is 0 Å². The molecule has 2 aromatic rings. The number of nitrogen functional groups attached to an aromatic ring is 1. The SMILES string of the molecule is Cc1c(-c2ccccc2)ccc(N)c1C(N)=O. The fraction of sp³-hybridized carbons (Fsp3) is 0.0714. The highest BCUT2D eigenvalue weighted by molar-refractivity contribution is 6.01. The molecule has 0 fully saturated rings. The maximum atomic E-state index is 11.4. The first-order chi connectivity index (χ1) is 8.11. The lowest BCUT2D eigenvalue weighted by Gasteiger charge is -2.11. The van der Waals surface area contributed by atoms with E-state index in [1.165, 1.54) is 0 Å². The average molecular weight is 226 g/mol. The van der Waals surface area contributed by atoms with Gasteiger partial charge in [0.25, 0.3) is 5.91 Å². The summed E-state index contributed by atoms with van der Waals surface area (Å²) in [6.45, 7) is 1.86. The molecule has 2 rings (SSSR count). The predicted octanol–water partition coefficient (Wildman–Crippen LogP) is 2.34. The number of anilines is 1. The second-order valence-electron chi connectivity index (χ2n) is 3.93. The summed E-state index contributed by atoms with van der Waals surface area (Å²) in [5, 5.41) is 0. The van der Waals surface area contributed by atoms with Crippen molar-refractivity contribution in [3.63, 3.8) is 0 Å². The Morgan fingerprint density at radius 2 is 1.71 bits per heavy atom. The fourth-order valence-electron chi connectivity index (χ4n) is 1.99. The molecule has 0 unspecified atom stereocenters. The summed E-state index contributed by atoms with van der Waals surface area (Å²) >= 11 is 0. The minimum Gasteiger partial charge on any atom is -0.398 e. The normalized spacial score (nSPS) is 10.2. The van der Waals surface area contributed by atoms with Gasteiger partial charge in [-0.25, -0.2) is 0 Å². The van der Waals surface area contributed by atoms with Crippen molar-refractivity contribution in [1.82, 2.24) is 0 Å². The van der Waals surface area contributed by atoms with Crippen LogP contribution in [0.3, 0.4) is 0 Å². The number of carbonyl (C=O) groups excluding carboxylic acids is 1. The molecule has 0 aromatic heterocycles. The second kappa shape index (κ2) is 4.29. The van der Waals surface area contributed by atoms with E-state index in [1.54, 1.807) is 6.07 Å². The van der Waals surface area contributed by atoms with E-state index in [9.17, 15) is 4.79 Å². The van der Waals surface area contributed by atoms with E-state index < -0.39 is 5.91 Å². The van der Waals surface area contributed by atoms with Crippen LogP contribution in [0.5, 0.6) is 0 Å². The van der Waals surface area contributed by atoms with E-state index in [1.807, 2.05) is 43.3 Å². The van der Waals surface area contributed by atoms with Gasteiger partial charge in [-0.15, -0.1) is 0 Å². The van der Waals surface area contributed by atoms with Gasteiger partial charge in [0.2, 0.25) is 0 Å². The average Bonchev–Trinajstić information content (AvgIpc) is 2.30. The van der Waals surface area contributed by atoms with Crippen LogP contribution in [0.25, 0.3) is 11.1 Å². The van der Waals surface area contributed by atoms with Gasteiger partial charge in [-0.3, -0.25) is 4.79 Å². The first-order valence-corrected chi connectivity index (χ1v) is 5.35. The van der Waals surface area contributed by atoms with E-state index in [2.05, 4.69) is 0 Å². The van der Waals surface area contributed by atoms with Gasteiger partial charge in [-0.05, 0) is 29.7 Å². The highest BCUT2D eigenvalue weighted by Crippen LogP contribution is 2.28. The van der Waals surface area contributed by atoms with Gasteiger partial charge in [0.15, 0.2) is 0 Å². The maximum absolute atomic E-state index is 11.4. The third kappa shape index (κ3) is 1.99. The van der Waals surface area contributed by atoms with Crippen LogP contribution in [0, 0.1) is 6.92 Å². The fourth-order valence-corrected chi connectivity index (χ4v) is 1.99. The van der Waals surface area contributed by atoms with Crippen LogP contribution < -0.4 is 11.5 Å². The van der Waals surface area contributed by atoms with Crippen molar-refractivity contribution in [3.8, 4) is 11.1 Å². The number of nitrogens with two attached hydrogens (primary N) is 2. The summed E-state index contributed by atoms with van der Waals surface area (Å²) in [7, 11) is 0. The quantitative estimate of drug-likeness (QED) is 0.772. The zero-order chi connectivity index (χ0) is 12.4. The number of hydrogen-bond donors (Lipinski definition) is 2. The first-order valence-electron chi connectivity index (χ1n) is 5.35. The first kappa shape index (κ1) is 11.2. The lowest BCUT2D eigenvalue weighted by atomic mass is 9.95. The summed E-state index contributed by atoms with van der Waals surface area (Å²) in [6.07, 6.45) is 0. The molecule has 17 heavy (non-hydrogen) atoms. The Kier molecular flexibility index (Phi) is 2.83. The standard InChI is InChI=1S/C14H14N2O/c1-9-11(10-5-3-2-4-6-10)7-8-12(15)13(9)14(16)17/h2-8H,15H2,1H3,(H2,16,17). The van der Waals surface area contributed by atoms with Gasteiger partial charge < -0.3 is 11.5 Å². The largest absolute Gasteiger partial charge is 0.398 e. The lowest BCUT2D eigenvalue weighted by molar-refractivity contribution is 0.100. The molecule has 0 atom stereocenters. The second-order valence-corrected chi connectivity index (χ2v) is 3.93. The van der Waals surface area contributed by atoms with Gasteiger partial charge in [0, 0.05) is 5.69 Å². The molecule has 3 heteroatoms. The Morgan fingerprint density at radius 3 is 2.29 bits per heavy atom. The maximum Gasteiger partial charge on any atom is 0.251 e. The Morgan fingerprint density at radius 1 is 1.06 bits per heavy atom. The molecule has 0 aliphatic heterocycles. The lowest BCUT2D eigenvalue weighted by Crippen LogP contribution is -2.15. The molecule has 3 nitrogen and oxygen atoms in total. The molecular formula is C14H14N2O. The van der Waals surface area contributed by atoms with Crippen molar-refractivity contribution < 1.29 is 4.79 Å². The summed E-state index contributed by atoms with van der Waals surface area (Å²) in [5.41, 5.74) is 14.8.